The number of aliphatic hydroxyl groups excluding tert-OH is 1. The second kappa shape index (κ2) is 16.8. The van der Waals surface area contributed by atoms with Crippen molar-refractivity contribution in [2.24, 2.45) is 0 Å². The number of ketones is 1. The third-order valence-corrected chi connectivity index (χ3v) is 14.8. The molecule has 3 aromatic carbocycles. The number of rotatable bonds is 11. The fourth-order valence-electron chi connectivity index (χ4n) is 10.0. The van der Waals surface area contributed by atoms with Gasteiger partial charge in [-0.15, -0.1) is 0 Å². The molecule has 3 aromatic rings. The zero-order valence-corrected chi connectivity index (χ0v) is 41.8. The lowest BCUT2D eigenvalue weighted by Gasteiger charge is -2.34. The summed E-state index contributed by atoms with van der Waals surface area (Å²) in [6, 6.07) is 12.6. The highest BCUT2D eigenvalue weighted by molar-refractivity contribution is 7.98. The summed E-state index contributed by atoms with van der Waals surface area (Å²) in [5.41, 5.74) is 6.30. The molecule has 9 nitrogen and oxygen atoms in total. The van der Waals surface area contributed by atoms with Crippen LogP contribution in [0.25, 0.3) is 11.1 Å². The van der Waals surface area contributed by atoms with Gasteiger partial charge >= 0.3 is 0 Å². The maximum absolute atomic E-state index is 14.9. The lowest BCUT2D eigenvalue weighted by Crippen LogP contribution is -2.42. The number of aromatic hydroxyl groups is 1. The Hall–Kier alpha value is -4.57. The van der Waals surface area contributed by atoms with Crippen molar-refractivity contribution < 1.29 is 24.6 Å². The van der Waals surface area contributed by atoms with E-state index >= 15 is 0 Å². The van der Waals surface area contributed by atoms with Crippen LogP contribution >= 0.6 is 11.8 Å². The number of phenols is 1. The van der Waals surface area contributed by atoms with Crippen molar-refractivity contribution in [2.75, 3.05) is 27.5 Å². The van der Waals surface area contributed by atoms with E-state index in [0.717, 1.165) is 38.9 Å². The summed E-state index contributed by atoms with van der Waals surface area (Å²) in [4.78, 5) is 44.7. The molecule has 340 valence electrons. The van der Waals surface area contributed by atoms with Crippen molar-refractivity contribution in [3.63, 3.8) is 0 Å². The van der Waals surface area contributed by atoms with E-state index in [4.69, 9.17) is 0 Å². The van der Waals surface area contributed by atoms with Gasteiger partial charge in [0.05, 0.1) is 27.9 Å². The summed E-state index contributed by atoms with van der Waals surface area (Å²) in [5, 5.41) is 31.3. The highest BCUT2D eigenvalue weighted by Crippen LogP contribution is 2.51. The van der Waals surface area contributed by atoms with E-state index in [1.165, 1.54) is 0 Å². The molecule has 0 saturated carbocycles. The third kappa shape index (κ3) is 8.46. The number of anilines is 3. The molecule has 0 spiro atoms. The molecule has 2 unspecified atom stereocenters. The Morgan fingerprint density at radius 3 is 1.89 bits per heavy atom. The van der Waals surface area contributed by atoms with E-state index < -0.39 is 0 Å². The zero-order valence-electron chi connectivity index (χ0n) is 41.0. The van der Waals surface area contributed by atoms with Crippen LogP contribution in [0.1, 0.15) is 157 Å². The first-order chi connectivity index (χ1) is 29.0. The smallest absolute Gasteiger partial charge is 0.225 e. The van der Waals surface area contributed by atoms with E-state index in [9.17, 15) is 24.6 Å². The Bertz CT molecular complexity index is 2510. The summed E-state index contributed by atoms with van der Waals surface area (Å²) >= 11 is 1.59. The topological polar surface area (TPSA) is 122 Å². The van der Waals surface area contributed by atoms with Crippen LogP contribution in [0.2, 0.25) is 0 Å². The molecule has 0 aromatic heterocycles. The molecule has 0 fully saturated rings. The predicted molar refractivity (Wildman–Crippen MR) is 263 cm³/mol. The number of benzene rings is 3. The number of allylic oxidation sites excluding steroid dienone is 2. The molecule has 6 rings (SSSR count). The van der Waals surface area contributed by atoms with E-state index in [2.05, 4.69) is 131 Å². The molecule has 1 aliphatic carbocycles. The Kier molecular flexibility index (Phi) is 12.7. The number of hydrogen-bond acceptors (Lipinski definition) is 7. The fourth-order valence-corrected chi connectivity index (χ4v) is 10.4. The Morgan fingerprint density at radius 1 is 0.794 bits per heavy atom. The lowest BCUT2D eigenvalue weighted by molar-refractivity contribution is -0.116. The largest absolute Gasteiger partial charge is 0.507 e. The average molecular weight is 878 g/mol. The van der Waals surface area contributed by atoms with E-state index in [1.54, 1.807) is 11.8 Å². The summed E-state index contributed by atoms with van der Waals surface area (Å²) in [7, 11) is 0. The molecule has 0 radical (unpaired) electrons. The maximum Gasteiger partial charge on any atom is 0.225 e. The van der Waals surface area contributed by atoms with Gasteiger partial charge in [0, 0.05) is 64.2 Å². The quantitative estimate of drug-likeness (QED) is 0.142. The SMILES string of the molecule is CSCCC(=O)Nc1cc2c(cc1C1=C(O)/C(=c3/cc4c(cc3NC(=O)CCc3cc(C(C)(C)C)c(O)c(C(C)(C)C)c3)=[N+](C(C)C)C(C)C4(C)C)C1=O)C(C)(C)C(C)N2C(C)C. The maximum atomic E-state index is 14.9. The van der Waals surface area contributed by atoms with Gasteiger partial charge in [0.15, 0.2) is 6.04 Å². The monoisotopic (exact) mass is 878 g/mol. The number of carbonyl (C=O) groups excluding carboxylic acids is 3. The van der Waals surface area contributed by atoms with Crippen molar-refractivity contribution in [1.29, 1.82) is 0 Å². The number of thioether (sulfide) groups is 1. The first kappa shape index (κ1) is 47.9. The summed E-state index contributed by atoms with van der Waals surface area (Å²) in [6.07, 6.45) is 2.88. The fraction of sp³-hybridized carbons (Fsp3) is 0.547. The van der Waals surface area contributed by atoms with Crippen LogP contribution in [0.15, 0.2) is 42.2 Å². The number of Topliss-reactive ketones (excluding diaryl/α,β-unsaturated/α-hetero) is 1. The minimum Gasteiger partial charge on any atom is -0.507 e. The number of aliphatic hydroxyl groups is 1. The predicted octanol–water partition coefficient (Wildman–Crippen LogP) is 9.43. The number of fused-ring (bicyclic) bond motifs is 2. The number of phenolic OH excluding ortho intramolecular Hbond substituents is 1. The molecular formula is C53H73N4O5S+. The van der Waals surface area contributed by atoms with Crippen molar-refractivity contribution in [2.45, 2.75) is 176 Å². The van der Waals surface area contributed by atoms with Crippen LogP contribution in [0.3, 0.4) is 0 Å². The van der Waals surface area contributed by atoms with Crippen LogP contribution in [0, 0.1) is 0 Å². The van der Waals surface area contributed by atoms with Crippen molar-refractivity contribution in [1.82, 2.24) is 4.58 Å². The average Bonchev–Trinajstić information content (AvgIpc) is 3.48. The molecule has 4 N–H and O–H groups in total. The number of carbonyl (C=O) groups is 3. The molecule has 3 aliphatic rings. The highest BCUT2D eigenvalue weighted by atomic mass is 32.2. The molecule has 2 aliphatic heterocycles. The summed E-state index contributed by atoms with van der Waals surface area (Å²) in [6.45, 7) is 34.3. The summed E-state index contributed by atoms with van der Waals surface area (Å²) in [5.74, 6) is 0.0707. The Balaban J connectivity index is 1.51. The van der Waals surface area contributed by atoms with Gasteiger partial charge in [-0.1, -0.05) is 67.5 Å². The first-order valence-electron chi connectivity index (χ1n) is 22.8. The molecule has 2 heterocycles. The van der Waals surface area contributed by atoms with E-state index in [1.807, 2.05) is 42.7 Å². The van der Waals surface area contributed by atoms with Crippen LogP contribution in [-0.2, 0) is 42.5 Å². The minimum absolute atomic E-state index is 0.122. The van der Waals surface area contributed by atoms with Crippen molar-refractivity contribution in [3.05, 3.63) is 86.1 Å². The highest BCUT2D eigenvalue weighted by Gasteiger charge is 2.48. The van der Waals surface area contributed by atoms with Gasteiger partial charge in [0.25, 0.3) is 0 Å². The Labute approximate surface area is 380 Å². The molecule has 2 atom stereocenters. The van der Waals surface area contributed by atoms with Gasteiger partial charge in [-0.25, -0.2) is 4.58 Å². The van der Waals surface area contributed by atoms with Crippen LogP contribution in [0.4, 0.5) is 17.1 Å². The molecule has 63 heavy (non-hydrogen) atoms. The van der Waals surface area contributed by atoms with Crippen LogP contribution < -0.4 is 30.7 Å². The first-order valence-corrected chi connectivity index (χ1v) is 24.2. The second-order valence-corrected chi connectivity index (χ2v) is 22.9. The van der Waals surface area contributed by atoms with Crippen LogP contribution in [0.5, 0.6) is 5.75 Å². The van der Waals surface area contributed by atoms with Crippen molar-refractivity contribution >= 4 is 57.6 Å². The number of nitrogens with one attached hydrogen (secondary N) is 2. The molecular weight excluding hydrogens is 805 g/mol. The molecule has 2 amide bonds. The van der Waals surface area contributed by atoms with Gasteiger partial charge in [-0.2, -0.15) is 11.8 Å². The second-order valence-electron chi connectivity index (χ2n) is 21.9. The molecule has 0 bridgehead atoms. The number of aryl methyl sites for hydroxylation is 1. The Morgan fingerprint density at radius 2 is 1.37 bits per heavy atom. The lowest BCUT2D eigenvalue weighted by atomic mass is 9.76. The number of amides is 2. The third-order valence-electron chi connectivity index (χ3n) is 14.2. The van der Waals surface area contributed by atoms with Crippen LogP contribution in [-0.4, -0.2) is 64.0 Å². The van der Waals surface area contributed by atoms with Crippen molar-refractivity contribution in [3.8, 4) is 5.75 Å². The van der Waals surface area contributed by atoms with Gasteiger partial charge in [-0.05, 0) is 119 Å². The molecule has 0 saturated heterocycles. The van der Waals surface area contributed by atoms with E-state index in [0.29, 0.717) is 46.5 Å². The van der Waals surface area contributed by atoms with Gasteiger partial charge in [-0.3, -0.25) is 14.4 Å². The zero-order chi connectivity index (χ0) is 47.0. The molecule has 10 heteroatoms. The summed E-state index contributed by atoms with van der Waals surface area (Å²) < 4.78 is 2.36. The van der Waals surface area contributed by atoms with E-state index in [-0.39, 0.29) is 86.8 Å². The standard InChI is InChI=1S/C53H72N4O5S/c1-28(2)56-30(5)52(13,14)35-24-33(39(26-41(35)56)54-43(58)19-18-32-22-37(50(7,8)9)47(60)38(23-32)51(10,11)12)45-48(61)46(49(45)62)34-25-36-42(27-40(34)55-44(59)20-21-63-17)57(29(3)4)31(6)53(36,15)16/h22-31H,18-21H2,1-17H3,(H3,54,55,58,59,60,61,62)/p+1. The number of hydrogen-bond donors (Lipinski definition) is 4. The van der Waals surface area contributed by atoms with Gasteiger partial charge in [0.2, 0.25) is 23.0 Å². The van der Waals surface area contributed by atoms with Gasteiger partial charge < -0.3 is 25.7 Å². The normalized spacial score (nSPS) is 20.1. The van der Waals surface area contributed by atoms with Gasteiger partial charge in [0.1, 0.15) is 17.6 Å². The minimum atomic E-state index is -0.342. The number of nitrogens with zero attached hydrogens (tertiary/aromatic N) is 2.